The van der Waals surface area contributed by atoms with Crippen LogP contribution in [0.5, 0.6) is 0 Å². The first-order chi connectivity index (χ1) is 9.20. The van der Waals surface area contributed by atoms with Crippen LogP contribution in [-0.4, -0.2) is 11.9 Å². The number of fused-ring (bicyclic) bond motifs is 2. The van der Waals surface area contributed by atoms with E-state index in [0.717, 1.165) is 23.3 Å². The maximum absolute atomic E-state index is 12.0. The molecule has 2 aliphatic rings. The summed E-state index contributed by atoms with van der Waals surface area (Å²) in [5, 5.41) is 3.97. The van der Waals surface area contributed by atoms with Gasteiger partial charge in [0.2, 0.25) is 5.91 Å². The minimum absolute atomic E-state index is 0.201. The maximum Gasteiger partial charge on any atom is 0.220 e. The highest BCUT2D eigenvalue weighted by atomic mass is 35.5. The number of nitrogens with one attached hydrogen (secondary N) is 1. The molecule has 2 nitrogen and oxygen atoms in total. The van der Waals surface area contributed by atoms with Crippen LogP contribution in [0.3, 0.4) is 0 Å². The zero-order valence-corrected chi connectivity index (χ0v) is 11.8. The van der Waals surface area contributed by atoms with Crippen molar-refractivity contribution in [2.24, 2.45) is 11.8 Å². The number of rotatable bonds is 4. The Kier molecular flexibility index (Phi) is 3.79. The van der Waals surface area contributed by atoms with Gasteiger partial charge in [-0.1, -0.05) is 30.2 Å². The number of aryl methyl sites for hydroxylation is 1. The summed E-state index contributed by atoms with van der Waals surface area (Å²) in [6, 6.07) is 8.20. The molecular weight excluding hydrogens is 258 g/mol. The van der Waals surface area contributed by atoms with E-state index in [2.05, 4.69) is 5.32 Å². The van der Waals surface area contributed by atoms with E-state index in [1.165, 1.54) is 31.2 Å². The molecular formula is C16H20ClNO. The van der Waals surface area contributed by atoms with E-state index in [1.807, 2.05) is 24.3 Å². The molecule has 2 saturated carbocycles. The van der Waals surface area contributed by atoms with Crippen molar-refractivity contribution in [1.82, 2.24) is 5.32 Å². The van der Waals surface area contributed by atoms with Crippen LogP contribution in [0.25, 0.3) is 0 Å². The zero-order valence-electron chi connectivity index (χ0n) is 11.1. The topological polar surface area (TPSA) is 29.1 Å². The van der Waals surface area contributed by atoms with Crippen molar-refractivity contribution in [3.8, 4) is 0 Å². The summed E-state index contributed by atoms with van der Waals surface area (Å²) < 4.78 is 0. The van der Waals surface area contributed by atoms with Gasteiger partial charge in [0.05, 0.1) is 0 Å². The molecule has 1 N–H and O–H groups in total. The quantitative estimate of drug-likeness (QED) is 0.895. The van der Waals surface area contributed by atoms with E-state index < -0.39 is 0 Å². The predicted molar refractivity (Wildman–Crippen MR) is 77.2 cm³/mol. The van der Waals surface area contributed by atoms with Crippen LogP contribution in [0.15, 0.2) is 24.3 Å². The van der Waals surface area contributed by atoms with E-state index in [1.54, 1.807) is 0 Å². The summed E-state index contributed by atoms with van der Waals surface area (Å²) in [7, 11) is 0. The zero-order chi connectivity index (χ0) is 13.2. The molecule has 0 aromatic heterocycles. The molecule has 2 aliphatic carbocycles. The number of hydrogen-bond acceptors (Lipinski definition) is 1. The average molecular weight is 278 g/mol. The van der Waals surface area contributed by atoms with Gasteiger partial charge in [-0.2, -0.15) is 0 Å². The average Bonchev–Trinajstić information content (AvgIpc) is 3.00. The summed E-state index contributed by atoms with van der Waals surface area (Å²) in [6.45, 7) is 0. The predicted octanol–water partition coefficient (Wildman–Crippen LogP) is 3.58. The lowest BCUT2D eigenvalue weighted by molar-refractivity contribution is -0.122. The first-order valence-corrected chi connectivity index (χ1v) is 7.62. The van der Waals surface area contributed by atoms with Gasteiger partial charge in [-0.15, -0.1) is 0 Å². The van der Waals surface area contributed by atoms with Crippen molar-refractivity contribution >= 4 is 17.5 Å². The summed E-state index contributed by atoms with van der Waals surface area (Å²) in [4.78, 5) is 12.0. The Labute approximate surface area is 119 Å². The van der Waals surface area contributed by atoms with Gasteiger partial charge in [-0.05, 0) is 55.2 Å². The number of amides is 1. The lowest BCUT2D eigenvalue weighted by atomic mass is 9.95. The second-order valence-electron chi connectivity index (χ2n) is 5.98. The van der Waals surface area contributed by atoms with Gasteiger partial charge in [-0.25, -0.2) is 0 Å². The Balaban J connectivity index is 1.45. The maximum atomic E-state index is 12.0. The van der Waals surface area contributed by atoms with Gasteiger partial charge in [0.1, 0.15) is 0 Å². The second kappa shape index (κ2) is 5.54. The molecule has 0 radical (unpaired) electrons. The first-order valence-electron chi connectivity index (χ1n) is 7.24. The second-order valence-corrected chi connectivity index (χ2v) is 6.41. The van der Waals surface area contributed by atoms with Crippen molar-refractivity contribution in [2.75, 3.05) is 0 Å². The molecule has 3 rings (SSSR count). The van der Waals surface area contributed by atoms with Crippen molar-refractivity contribution in [3.63, 3.8) is 0 Å². The van der Waals surface area contributed by atoms with E-state index in [9.17, 15) is 4.79 Å². The third-order valence-corrected chi connectivity index (χ3v) is 4.89. The van der Waals surface area contributed by atoms with Crippen LogP contribution in [0.4, 0.5) is 0 Å². The fourth-order valence-electron chi connectivity index (χ4n) is 3.61. The number of benzene rings is 1. The van der Waals surface area contributed by atoms with Gasteiger partial charge in [0.25, 0.3) is 0 Å². The molecule has 3 heteroatoms. The van der Waals surface area contributed by atoms with Crippen molar-refractivity contribution in [3.05, 3.63) is 34.9 Å². The van der Waals surface area contributed by atoms with Crippen LogP contribution in [0, 0.1) is 11.8 Å². The Bertz CT molecular complexity index is 456. The Morgan fingerprint density at radius 1 is 1.21 bits per heavy atom. The molecule has 102 valence electrons. The van der Waals surface area contributed by atoms with Gasteiger partial charge < -0.3 is 5.32 Å². The Hall–Kier alpha value is -1.02. The Morgan fingerprint density at radius 3 is 2.63 bits per heavy atom. The van der Waals surface area contributed by atoms with Crippen molar-refractivity contribution < 1.29 is 4.79 Å². The molecule has 2 fully saturated rings. The highest BCUT2D eigenvalue weighted by Gasteiger charge is 2.39. The molecule has 0 spiro atoms. The van der Waals surface area contributed by atoms with Crippen LogP contribution < -0.4 is 5.32 Å². The number of carbonyl (C=O) groups is 1. The fraction of sp³-hybridized carbons (Fsp3) is 0.562. The number of halogens is 1. The van der Waals surface area contributed by atoms with Crippen LogP contribution in [0.1, 0.15) is 37.7 Å². The van der Waals surface area contributed by atoms with Crippen molar-refractivity contribution in [2.45, 2.75) is 44.6 Å². The number of carbonyl (C=O) groups excluding carboxylic acids is 1. The van der Waals surface area contributed by atoms with Gasteiger partial charge in [0, 0.05) is 17.5 Å². The third kappa shape index (κ3) is 3.11. The molecule has 0 unspecified atom stereocenters. The molecule has 0 heterocycles. The van der Waals surface area contributed by atoms with E-state index >= 15 is 0 Å². The smallest absolute Gasteiger partial charge is 0.220 e. The lowest BCUT2D eigenvalue weighted by Gasteiger charge is -2.22. The SMILES string of the molecule is O=C(CCc1ccc(Cl)cc1)N[C@@H]1C[C@H]2CC[C@H]1C2. The van der Waals surface area contributed by atoms with Crippen molar-refractivity contribution in [1.29, 1.82) is 0 Å². The van der Waals surface area contributed by atoms with Gasteiger partial charge >= 0.3 is 0 Å². The molecule has 0 saturated heterocycles. The highest BCUT2D eigenvalue weighted by Crippen LogP contribution is 2.44. The minimum Gasteiger partial charge on any atom is -0.353 e. The summed E-state index contributed by atoms with van der Waals surface area (Å²) >= 11 is 5.84. The van der Waals surface area contributed by atoms with Crippen LogP contribution >= 0.6 is 11.6 Å². The Morgan fingerprint density at radius 2 is 2.00 bits per heavy atom. The van der Waals surface area contributed by atoms with Gasteiger partial charge in [-0.3, -0.25) is 4.79 Å². The molecule has 3 atom stereocenters. The fourth-order valence-corrected chi connectivity index (χ4v) is 3.74. The number of hydrogen-bond donors (Lipinski definition) is 1. The van der Waals surface area contributed by atoms with Crippen LogP contribution in [0.2, 0.25) is 5.02 Å². The molecule has 1 amide bonds. The monoisotopic (exact) mass is 277 g/mol. The van der Waals surface area contributed by atoms with E-state index in [-0.39, 0.29) is 5.91 Å². The third-order valence-electron chi connectivity index (χ3n) is 4.64. The molecule has 19 heavy (non-hydrogen) atoms. The summed E-state index contributed by atoms with van der Waals surface area (Å²) in [5.74, 6) is 1.84. The summed E-state index contributed by atoms with van der Waals surface area (Å²) in [6.07, 6.45) is 6.60. The lowest BCUT2D eigenvalue weighted by Crippen LogP contribution is -2.38. The summed E-state index contributed by atoms with van der Waals surface area (Å²) in [5.41, 5.74) is 1.17. The van der Waals surface area contributed by atoms with Gasteiger partial charge in [0.15, 0.2) is 0 Å². The van der Waals surface area contributed by atoms with E-state index in [0.29, 0.717) is 12.5 Å². The molecule has 1 aromatic carbocycles. The molecule has 2 bridgehead atoms. The standard InChI is InChI=1S/C16H20ClNO/c17-14-6-2-11(3-7-14)4-8-16(19)18-15-10-12-1-5-13(15)9-12/h2-3,6-7,12-13,15H,1,4-5,8-10H2,(H,18,19)/t12-,13-,15+/m0/s1. The first kappa shape index (κ1) is 13.0. The normalized spacial score (nSPS) is 28.6. The minimum atomic E-state index is 0.201. The molecule has 1 aromatic rings. The van der Waals surface area contributed by atoms with Crippen LogP contribution in [-0.2, 0) is 11.2 Å². The highest BCUT2D eigenvalue weighted by molar-refractivity contribution is 6.30. The molecule has 0 aliphatic heterocycles. The van der Waals surface area contributed by atoms with E-state index in [4.69, 9.17) is 11.6 Å². The largest absolute Gasteiger partial charge is 0.353 e.